The average molecular weight is 418 g/mol. The third-order valence-electron chi connectivity index (χ3n) is 6.02. The molecular formula is C27H47NO2. The number of rotatable bonds is 19. The van der Waals surface area contributed by atoms with Crippen LogP contribution in [0.1, 0.15) is 128 Å². The summed E-state index contributed by atoms with van der Waals surface area (Å²) in [5.74, 6) is 0.669. The number of carbonyl (C=O) groups is 1. The van der Waals surface area contributed by atoms with Gasteiger partial charge in [-0.25, -0.2) is 4.79 Å². The van der Waals surface area contributed by atoms with Crippen molar-refractivity contribution in [2.75, 3.05) is 0 Å². The van der Waals surface area contributed by atoms with E-state index < -0.39 is 6.09 Å². The van der Waals surface area contributed by atoms with Crippen molar-refractivity contribution in [3.8, 4) is 5.75 Å². The van der Waals surface area contributed by atoms with Gasteiger partial charge in [-0.1, -0.05) is 116 Å². The molecule has 1 amide bonds. The summed E-state index contributed by atoms with van der Waals surface area (Å²) in [4.78, 5) is 11.3. The molecule has 0 atom stereocenters. The molecule has 0 aliphatic carbocycles. The summed E-state index contributed by atoms with van der Waals surface area (Å²) in [6.45, 7) is 4.53. The van der Waals surface area contributed by atoms with Crippen LogP contribution in [0.4, 0.5) is 4.79 Å². The van der Waals surface area contributed by atoms with Crippen molar-refractivity contribution in [1.82, 2.24) is 0 Å². The molecule has 172 valence electrons. The smallest absolute Gasteiger partial charge is 0.409 e. The van der Waals surface area contributed by atoms with E-state index in [0.717, 1.165) is 19.3 Å². The number of aryl methyl sites for hydroxylation is 1. The molecule has 0 heterocycles. The normalized spacial score (nSPS) is 11.0. The molecule has 0 aliphatic heterocycles. The highest BCUT2D eigenvalue weighted by atomic mass is 16.5. The summed E-state index contributed by atoms with van der Waals surface area (Å²) in [5.41, 5.74) is 7.84. The molecule has 0 unspecified atom stereocenters. The molecule has 30 heavy (non-hydrogen) atoms. The lowest BCUT2D eigenvalue weighted by atomic mass is 9.95. The minimum Gasteiger partial charge on any atom is -0.410 e. The highest BCUT2D eigenvalue weighted by Gasteiger charge is 2.11. The number of hydrogen-bond donors (Lipinski definition) is 1. The molecule has 3 nitrogen and oxygen atoms in total. The number of unbranched alkanes of at least 4 members (excludes halogenated alkanes) is 14. The van der Waals surface area contributed by atoms with Crippen molar-refractivity contribution in [2.24, 2.45) is 5.73 Å². The predicted octanol–water partition coefficient (Wildman–Crippen LogP) is 8.51. The van der Waals surface area contributed by atoms with E-state index in [4.69, 9.17) is 10.5 Å². The van der Waals surface area contributed by atoms with Gasteiger partial charge < -0.3 is 10.5 Å². The van der Waals surface area contributed by atoms with Crippen molar-refractivity contribution in [3.05, 3.63) is 29.3 Å². The number of amides is 1. The Labute approximate surface area is 186 Å². The molecule has 0 fully saturated rings. The fourth-order valence-electron chi connectivity index (χ4n) is 4.22. The summed E-state index contributed by atoms with van der Waals surface area (Å²) in [6, 6.07) is 6.09. The molecule has 0 spiro atoms. The molecule has 2 N–H and O–H groups in total. The zero-order valence-electron chi connectivity index (χ0n) is 19.9. The number of nitrogens with two attached hydrogens (primary N) is 1. The Bertz CT molecular complexity index is 556. The van der Waals surface area contributed by atoms with Crippen molar-refractivity contribution in [2.45, 2.75) is 129 Å². The monoisotopic (exact) mass is 417 g/mol. The number of primary amides is 1. The van der Waals surface area contributed by atoms with Crippen molar-refractivity contribution in [1.29, 1.82) is 0 Å². The Kier molecular flexibility index (Phi) is 16.2. The van der Waals surface area contributed by atoms with Gasteiger partial charge in [0, 0.05) is 0 Å². The number of carbonyl (C=O) groups excluding carboxylic acids is 1. The molecule has 0 radical (unpaired) electrons. The highest BCUT2D eigenvalue weighted by molar-refractivity contribution is 5.68. The van der Waals surface area contributed by atoms with Gasteiger partial charge in [-0.05, 0) is 42.9 Å². The zero-order valence-corrected chi connectivity index (χ0v) is 19.9. The molecule has 1 aromatic carbocycles. The lowest BCUT2D eigenvalue weighted by Crippen LogP contribution is -2.17. The first-order chi connectivity index (χ1) is 14.7. The van der Waals surface area contributed by atoms with Crippen LogP contribution in [-0.4, -0.2) is 6.09 Å². The van der Waals surface area contributed by atoms with Crippen LogP contribution in [0, 0.1) is 0 Å². The van der Waals surface area contributed by atoms with Gasteiger partial charge in [0.25, 0.3) is 0 Å². The second-order valence-corrected chi connectivity index (χ2v) is 8.76. The zero-order chi connectivity index (χ0) is 21.9. The molecule has 1 rings (SSSR count). The van der Waals surface area contributed by atoms with Gasteiger partial charge in [0.05, 0.1) is 0 Å². The topological polar surface area (TPSA) is 52.3 Å². The van der Waals surface area contributed by atoms with Gasteiger partial charge in [0.15, 0.2) is 0 Å². The van der Waals surface area contributed by atoms with Gasteiger partial charge in [-0.2, -0.15) is 0 Å². The summed E-state index contributed by atoms with van der Waals surface area (Å²) in [7, 11) is 0. The molecule has 1 aromatic rings. The summed E-state index contributed by atoms with van der Waals surface area (Å²) >= 11 is 0. The second-order valence-electron chi connectivity index (χ2n) is 8.76. The Morgan fingerprint density at radius 2 is 1.17 bits per heavy atom. The van der Waals surface area contributed by atoms with Crippen LogP contribution in [0.5, 0.6) is 5.75 Å². The van der Waals surface area contributed by atoms with Crippen LogP contribution < -0.4 is 10.5 Å². The third-order valence-corrected chi connectivity index (χ3v) is 6.02. The van der Waals surface area contributed by atoms with Crippen molar-refractivity contribution < 1.29 is 9.53 Å². The summed E-state index contributed by atoms with van der Waals surface area (Å²) in [6.07, 6.45) is 22.4. The van der Waals surface area contributed by atoms with Gasteiger partial charge in [-0.3, -0.25) is 0 Å². The Morgan fingerprint density at radius 1 is 0.700 bits per heavy atom. The fourth-order valence-corrected chi connectivity index (χ4v) is 4.22. The van der Waals surface area contributed by atoms with E-state index in [1.165, 1.54) is 107 Å². The van der Waals surface area contributed by atoms with Gasteiger partial charge in [-0.15, -0.1) is 0 Å². The van der Waals surface area contributed by atoms with Crippen molar-refractivity contribution >= 4 is 6.09 Å². The Hall–Kier alpha value is -1.51. The maximum Gasteiger partial charge on any atom is 0.409 e. The molecular weight excluding hydrogens is 370 g/mol. The Morgan fingerprint density at radius 3 is 1.67 bits per heavy atom. The van der Waals surface area contributed by atoms with Crippen LogP contribution >= 0.6 is 0 Å². The van der Waals surface area contributed by atoms with E-state index in [0.29, 0.717) is 5.75 Å². The molecule has 0 bridgehead atoms. The maximum atomic E-state index is 11.3. The number of ether oxygens (including phenoxy) is 1. The summed E-state index contributed by atoms with van der Waals surface area (Å²) < 4.78 is 5.33. The second kappa shape index (κ2) is 18.3. The lowest BCUT2D eigenvalue weighted by Gasteiger charge is -2.14. The van der Waals surface area contributed by atoms with E-state index in [1.54, 1.807) is 0 Å². The van der Waals surface area contributed by atoms with E-state index >= 15 is 0 Å². The molecule has 0 aliphatic rings. The Balaban J connectivity index is 2.44. The van der Waals surface area contributed by atoms with Gasteiger partial charge in [0.1, 0.15) is 5.75 Å². The first-order valence-corrected chi connectivity index (χ1v) is 12.8. The standard InChI is InChI=1S/C27H47NO2/c1-3-5-7-9-11-13-15-17-20-24-21-19-23-26(30-27(28)29)25(24)22-18-16-14-12-10-8-6-4-2/h19,21,23H,3-18,20,22H2,1-2H3,(H2,28,29). The first kappa shape index (κ1) is 26.5. The van der Waals surface area contributed by atoms with E-state index in [1.807, 2.05) is 12.1 Å². The average Bonchev–Trinajstić information content (AvgIpc) is 2.73. The minimum absolute atomic E-state index is 0.669. The van der Waals surface area contributed by atoms with Crippen LogP contribution in [-0.2, 0) is 12.8 Å². The largest absolute Gasteiger partial charge is 0.410 e. The van der Waals surface area contributed by atoms with E-state index in [-0.39, 0.29) is 0 Å². The minimum atomic E-state index is -0.712. The third kappa shape index (κ3) is 12.9. The van der Waals surface area contributed by atoms with Crippen molar-refractivity contribution in [3.63, 3.8) is 0 Å². The predicted molar refractivity (Wildman–Crippen MR) is 129 cm³/mol. The molecule has 0 saturated carbocycles. The SMILES string of the molecule is CCCCCCCCCCc1cccc(OC(N)=O)c1CCCCCCCCCC. The molecule has 0 saturated heterocycles. The maximum absolute atomic E-state index is 11.3. The van der Waals surface area contributed by atoms with Crippen LogP contribution in [0.15, 0.2) is 18.2 Å². The fraction of sp³-hybridized carbons (Fsp3) is 0.741. The van der Waals surface area contributed by atoms with Gasteiger partial charge >= 0.3 is 6.09 Å². The van der Waals surface area contributed by atoms with Crippen LogP contribution in [0.25, 0.3) is 0 Å². The first-order valence-electron chi connectivity index (χ1n) is 12.8. The van der Waals surface area contributed by atoms with Crippen LogP contribution in [0.3, 0.4) is 0 Å². The molecule has 3 heteroatoms. The summed E-state index contributed by atoms with van der Waals surface area (Å²) in [5, 5.41) is 0. The number of hydrogen-bond acceptors (Lipinski definition) is 2. The number of benzene rings is 1. The quantitative estimate of drug-likeness (QED) is 0.229. The lowest BCUT2D eigenvalue weighted by molar-refractivity contribution is 0.210. The highest BCUT2D eigenvalue weighted by Crippen LogP contribution is 2.27. The molecule has 0 aromatic heterocycles. The van der Waals surface area contributed by atoms with Gasteiger partial charge in [0.2, 0.25) is 0 Å². The van der Waals surface area contributed by atoms with E-state index in [9.17, 15) is 4.79 Å². The van der Waals surface area contributed by atoms with E-state index in [2.05, 4.69) is 19.9 Å². The van der Waals surface area contributed by atoms with Crippen LogP contribution in [0.2, 0.25) is 0 Å².